The summed E-state index contributed by atoms with van der Waals surface area (Å²) in [4.78, 5) is 17.8. The normalized spacial score (nSPS) is 11.4. The van der Waals surface area contributed by atoms with E-state index in [4.69, 9.17) is 0 Å². The van der Waals surface area contributed by atoms with Crippen LogP contribution < -0.4 is 0 Å². The lowest BCUT2D eigenvalue weighted by Crippen LogP contribution is -2.05. The molecule has 0 saturated heterocycles. The zero-order chi connectivity index (χ0) is 13.9. The minimum absolute atomic E-state index is 0.114. The van der Waals surface area contributed by atoms with Crippen molar-refractivity contribution in [3.8, 4) is 0 Å². The van der Waals surface area contributed by atoms with Gasteiger partial charge < -0.3 is 0 Å². The summed E-state index contributed by atoms with van der Waals surface area (Å²) in [7, 11) is -3.31. The van der Waals surface area contributed by atoms with Gasteiger partial charge in [-0.3, -0.25) is 0 Å². The molecule has 7 heteroatoms. The Hall–Kier alpha value is -1.56. The maximum Gasteiger partial charge on any atom is 0.240 e. The predicted molar refractivity (Wildman–Crippen MR) is 74.4 cm³/mol. The van der Waals surface area contributed by atoms with Gasteiger partial charge >= 0.3 is 0 Å². The summed E-state index contributed by atoms with van der Waals surface area (Å²) in [5, 5.41) is 0. The van der Waals surface area contributed by atoms with Gasteiger partial charge in [-0.05, 0) is 24.6 Å². The molecule has 0 atom stereocenters. The molecular weight excluding hydrogens is 284 g/mol. The van der Waals surface area contributed by atoms with Gasteiger partial charge in [0.15, 0.2) is 0 Å². The topological polar surface area (TPSA) is 76.5 Å². The van der Waals surface area contributed by atoms with Gasteiger partial charge in [0.25, 0.3) is 0 Å². The van der Waals surface area contributed by atoms with E-state index in [1.165, 1.54) is 6.08 Å². The quantitative estimate of drug-likeness (QED) is 0.628. The maximum absolute atomic E-state index is 12.0. The van der Waals surface area contributed by atoms with Crippen LogP contribution in [0.1, 0.15) is 19.8 Å². The molecule has 0 unspecified atom stereocenters. The van der Waals surface area contributed by atoms with E-state index < -0.39 is 9.84 Å². The van der Waals surface area contributed by atoms with E-state index in [1.54, 1.807) is 18.2 Å². The minimum Gasteiger partial charge on any atom is -0.225 e. The van der Waals surface area contributed by atoms with Gasteiger partial charge in [-0.25, -0.2) is 18.2 Å². The van der Waals surface area contributed by atoms with E-state index in [9.17, 15) is 13.2 Å². The second kappa shape index (κ2) is 5.61. The summed E-state index contributed by atoms with van der Waals surface area (Å²) in [5.74, 6) is 0.114. The molecule has 0 bridgehead atoms. The first-order valence-corrected chi connectivity index (χ1v) is 8.25. The summed E-state index contributed by atoms with van der Waals surface area (Å²) in [6, 6.07) is 4.90. The van der Waals surface area contributed by atoms with Crippen LogP contribution in [0.4, 0.5) is 5.69 Å². The highest BCUT2D eigenvalue weighted by molar-refractivity contribution is 7.93. The molecule has 0 radical (unpaired) electrons. The summed E-state index contributed by atoms with van der Waals surface area (Å²) >= 11 is 1.11. The van der Waals surface area contributed by atoms with Crippen LogP contribution in [0.3, 0.4) is 0 Å². The van der Waals surface area contributed by atoms with Crippen LogP contribution in [0.5, 0.6) is 0 Å². The molecule has 19 heavy (non-hydrogen) atoms. The maximum atomic E-state index is 12.0. The van der Waals surface area contributed by atoms with E-state index in [0.717, 1.165) is 17.8 Å². The fourth-order valence-corrected chi connectivity index (χ4v) is 4.41. The molecule has 5 nitrogen and oxygen atoms in total. The second-order valence-electron chi connectivity index (χ2n) is 4.01. The molecule has 0 amide bonds. The Morgan fingerprint density at radius 2 is 2.21 bits per heavy atom. The van der Waals surface area contributed by atoms with Crippen LogP contribution in [-0.4, -0.2) is 25.2 Å². The summed E-state index contributed by atoms with van der Waals surface area (Å²) in [6.45, 7) is 1.94. The smallest absolute Gasteiger partial charge is 0.225 e. The Bertz CT molecular complexity index is 743. The largest absolute Gasteiger partial charge is 0.240 e. The van der Waals surface area contributed by atoms with Crippen LogP contribution >= 0.6 is 11.3 Å². The number of benzene rings is 1. The summed E-state index contributed by atoms with van der Waals surface area (Å²) in [6.07, 6.45) is 2.90. The average molecular weight is 296 g/mol. The average Bonchev–Trinajstić information content (AvgIpc) is 2.81. The first kappa shape index (κ1) is 13.9. The van der Waals surface area contributed by atoms with Crippen LogP contribution in [0, 0.1) is 0 Å². The molecule has 1 aromatic heterocycles. The number of unbranched alkanes of at least 4 members (excludes halogenated alkanes) is 1. The number of rotatable bonds is 5. The second-order valence-corrected chi connectivity index (χ2v) is 7.32. The van der Waals surface area contributed by atoms with Crippen molar-refractivity contribution < 1.29 is 13.2 Å². The Labute approximate surface area is 114 Å². The monoisotopic (exact) mass is 296 g/mol. The van der Waals surface area contributed by atoms with Crippen molar-refractivity contribution in [2.75, 3.05) is 5.75 Å². The van der Waals surface area contributed by atoms with Gasteiger partial charge in [-0.2, -0.15) is 4.99 Å². The highest BCUT2D eigenvalue weighted by Crippen LogP contribution is 2.29. The van der Waals surface area contributed by atoms with Crippen molar-refractivity contribution in [1.82, 2.24) is 4.98 Å². The summed E-state index contributed by atoms with van der Waals surface area (Å²) in [5.41, 5.74) is 1.05. The predicted octanol–water partition coefficient (Wildman–Crippen LogP) is 2.84. The third-order valence-electron chi connectivity index (χ3n) is 2.56. The third-order valence-corrected chi connectivity index (χ3v) is 5.83. The zero-order valence-electron chi connectivity index (χ0n) is 10.3. The van der Waals surface area contributed by atoms with E-state index in [1.807, 2.05) is 6.92 Å². The van der Waals surface area contributed by atoms with Gasteiger partial charge in [0.05, 0.1) is 21.7 Å². The molecule has 1 aromatic carbocycles. The number of carbonyl (C=O) groups excluding carboxylic acids is 1. The molecule has 1 heterocycles. The Morgan fingerprint density at radius 3 is 2.89 bits per heavy atom. The molecular formula is C12H12N2O3S2. The van der Waals surface area contributed by atoms with Crippen LogP contribution in [0.2, 0.25) is 0 Å². The van der Waals surface area contributed by atoms with Gasteiger partial charge in [0.2, 0.25) is 20.3 Å². The lowest BCUT2D eigenvalue weighted by atomic mass is 10.3. The molecule has 0 aliphatic rings. The zero-order valence-corrected chi connectivity index (χ0v) is 11.9. The number of fused-ring (bicyclic) bond motifs is 1. The number of aliphatic imine (C=N–C) groups is 1. The molecule has 0 aliphatic carbocycles. The number of isocyanates is 1. The van der Waals surface area contributed by atoms with E-state index in [2.05, 4.69) is 9.98 Å². The molecule has 0 N–H and O–H groups in total. The van der Waals surface area contributed by atoms with Crippen molar-refractivity contribution in [3.05, 3.63) is 18.2 Å². The molecule has 100 valence electrons. The van der Waals surface area contributed by atoms with Crippen LogP contribution in [-0.2, 0) is 14.6 Å². The molecule has 0 aliphatic heterocycles. The molecule has 0 saturated carbocycles. The van der Waals surface area contributed by atoms with Gasteiger partial charge in [0.1, 0.15) is 0 Å². The lowest BCUT2D eigenvalue weighted by Gasteiger charge is -1.97. The number of thiazole rings is 1. The fourth-order valence-electron chi connectivity index (χ4n) is 1.57. The number of hydrogen-bond acceptors (Lipinski definition) is 6. The number of hydrogen-bond donors (Lipinski definition) is 0. The summed E-state index contributed by atoms with van der Waals surface area (Å²) < 4.78 is 24.9. The van der Waals surface area contributed by atoms with Crippen molar-refractivity contribution in [2.24, 2.45) is 4.99 Å². The van der Waals surface area contributed by atoms with E-state index in [0.29, 0.717) is 22.3 Å². The molecule has 2 aromatic rings. The number of aromatic nitrogens is 1. The van der Waals surface area contributed by atoms with E-state index in [-0.39, 0.29) is 10.1 Å². The molecule has 2 rings (SSSR count). The van der Waals surface area contributed by atoms with Crippen LogP contribution in [0.25, 0.3) is 10.2 Å². The Morgan fingerprint density at radius 1 is 1.42 bits per heavy atom. The van der Waals surface area contributed by atoms with Gasteiger partial charge in [0, 0.05) is 0 Å². The van der Waals surface area contributed by atoms with Gasteiger partial charge in [-0.1, -0.05) is 13.3 Å². The number of sulfone groups is 1. The van der Waals surface area contributed by atoms with Gasteiger partial charge in [-0.15, -0.1) is 11.3 Å². The minimum atomic E-state index is -3.31. The lowest BCUT2D eigenvalue weighted by molar-refractivity contribution is 0.565. The van der Waals surface area contributed by atoms with Crippen molar-refractivity contribution in [1.29, 1.82) is 0 Å². The van der Waals surface area contributed by atoms with Crippen molar-refractivity contribution in [2.45, 2.75) is 24.1 Å². The first-order chi connectivity index (χ1) is 9.06. The standard InChI is InChI=1S/C12H12N2O3S2/c1-2-3-6-19(16,17)12-14-10-5-4-9(13-8-15)7-11(10)18-12/h4-5,7H,2-3,6H2,1H3. The third kappa shape index (κ3) is 3.07. The van der Waals surface area contributed by atoms with Crippen molar-refractivity contribution in [3.63, 3.8) is 0 Å². The van der Waals surface area contributed by atoms with Crippen LogP contribution in [0.15, 0.2) is 27.5 Å². The van der Waals surface area contributed by atoms with E-state index >= 15 is 0 Å². The first-order valence-electron chi connectivity index (χ1n) is 5.78. The molecule has 0 fully saturated rings. The Kier molecular flexibility index (Phi) is 4.09. The van der Waals surface area contributed by atoms with Crippen molar-refractivity contribution >= 4 is 43.2 Å². The highest BCUT2D eigenvalue weighted by Gasteiger charge is 2.19. The SMILES string of the molecule is CCCCS(=O)(=O)c1nc2ccc(N=C=O)cc2s1. The Balaban J connectivity index is 2.44. The number of nitrogens with zero attached hydrogens (tertiary/aromatic N) is 2. The highest BCUT2D eigenvalue weighted by atomic mass is 32.2. The fraction of sp³-hybridized carbons (Fsp3) is 0.333. The molecule has 0 spiro atoms.